The summed E-state index contributed by atoms with van der Waals surface area (Å²) < 4.78 is 68.2. The first-order valence-electron chi connectivity index (χ1n) is 36.1. The van der Waals surface area contributed by atoms with Crippen molar-refractivity contribution in [1.29, 1.82) is 0 Å². The Morgan fingerprint density at radius 1 is 0.307 bits per heavy atom. The molecule has 0 aromatic carbocycles. The fourth-order valence-electron chi connectivity index (χ4n) is 10.5. The van der Waals surface area contributed by atoms with Gasteiger partial charge >= 0.3 is 39.5 Å². The van der Waals surface area contributed by atoms with Crippen LogP contribution in [0.4, 0.5) is 0 Å². The van der Waals surface area contributed by atoms with E-state index in [1.807, 2.05) is 0 Å². The first-order valence-corrected chi connectivity index (χ1v) is 39.1. The first kappa shape index (κ1) is 86.1. The summed E-state index contributed by atoms with van der Waals surface area (Å²) in [6.45, 7) is 7.16. The summed E-state index contributed by atoms with van der Waals surface area (Å²) in [6.07, 6.45) is 48.6. The zero-order chi connectivity index (χ0) is 64.9. The van der Waals surface area contributed by atoms with E-state index in [4.69, 9.17) is 37.0 Å². The Kier molecular flexibility index (Phi) is 61.1. The van der Waals surface area contributed by atoms with Crippen LogP contribution in [0.3, 0.4) is 0 Å². The molecule has 88 heavy (non-hydrogen) atoms. The molecule has 0 radical (unpaired) electrons. The molecule has 5 atom stereocenters. The predicted octanol–water partition coefficient (Wildman–Crippen LogP) is 19.7. The van der Waals surface area contributed by atoms with Gasteiger partial charge in [0.1, 0.15) is 19.3 Å². The van der Waals surface area contributed by atoms with E-state index in [0.717, 1.165) is 96.3 Å². The number of esters is 4. The number of carbonyl (C=O) groups excluding carboxylic acids is 4. The summed E-state index contributed by atoms with van der Waals surface area (Å²) in [7, 11) is -9.89. The van der Waals surface area contributed by atoms with Crippen molar-refractivity contribution in [3.05, 3.63) is 0 Å². The van der Waals surface area contributed by atoms with Gasteiger partial charge in [-0.1, -0.05) is 304 Å². The molecule has 0 spiro atoms. The lowest BCUT2D eigenvalue weighted by atomic mass is 10.0. The molecule has 0 bridgehead atoms. The Balaban J connectivity index is 5.24. The number of ether oxygens (including phenoxy) is 4. The van der Waals surface area contributed by atoms with Crippen molar-refractivity contribution < 1.29 is 80.2 Å². The highest BCUT2D eigenvalue weighted by Gasteiger charge is 2.30. The minimum Gasteiger partial charge on any atom is -0.462 e. The highest BCUT2D eigenvalue weighted by molar-refractivity contribution is 7.47. The average molecular weight is 1300 g/mol. The minimum absolute atomic E-state index is 0.106. The van der Waals surface area contributed by atoms with E-state index >= 15 is 0 Å². The number of carbonyl (C=O) groups is 4. The fourth-order valence-corrected chi connectivity index (χ4v) is 12.0. The number of aliphatic hydroxyl groups excluding tert-OH is 1. The average Bonchev–Trinajstić information content (AvgIpc) is 3.61. The second-order valence-corrected chi connectivity index (χ2v) is 28.3. The van der Waals surface area contributed by atoms with Crippen molar-refractivity contribution in [2.75, 3.05) is 39.6 Å². The molecule has 0 aromatic heterocycles. The van der Waals surface area contributed by atoms with E-state index in [0.29, 0.717) is 31.6 Å². The summed E-state index contributed by atoms with van der Waals surface area (Å²) >= 11 is 0. The van der Waals surface area contributed by atoms with Crippen LogP contribution in [0, 0.1) is 5.92 Å². The van der Waals surface area contributed by atoms with Gasteiger partial charge in [0.25, 0.3) is 0 Å². The van der Waals surface area contributed by atoms with E-state index in [1.54, 1.807) is 0 Å². The molecule has 0 aliphatic carbocycles. The van der Waals surface area contributed by atoms with Gasteiger partial charge in [-0.2, -0.15) is 0 Å². The molecule has 19 heteroatoms. The molecule has 2 unspecified atom stereocenters. The Hall–Kier alpha value is -1.94. The molecular formula is C69H134O17P2. The molecule has 522 valence electrons. The quantitative estimate of drug-likeness (QED) is 0.0222. The zero-order valence-electron chi connectivity index (χ0n) is 56.9. The van der Waals surface area contributed by atoms with Gasteiger partial charge in [0.2, 0.25) is 0 Å². The SMILES string of the molecule is CCCCCCCCCCCCCCCCCC(=O)O[C@H](COC(=O)CCCCCCCCCCCCCC)COP(=O)(O)OC[C@@H](O)COP(=O)(O)OC[C@@H](COC(=O)CCCCCCCCC(C)C)OC(=O)CCCCCCCCCCCCCC. The molecule has 0 saturated heterocycles. The third-order valence-electron chi connectivity index (χ3n) is 16.0. The molecule has 17 nitrogen and oxygen atoms in total. The molecular weight excluding hydrogens is 1160 g/mol. The lowest BCUT2D eigenvalue weighted by molar-refractivity contribution is -0.161. The van der Waals surface area contributed by atoms with Crippen LogP contribution in [0.5, 0.6) is 0 Å². The molecule has 0 amide bonds. The fraction of sp³-hybridized carbons (Fsp3) is 0.942. The maximum Gasteiger partial charge on any atom is 0.472 e. The molecule has 0 aliphatic heterocycles. The Labute approximate surface area is 537 Å². The third kappa shape index (κ3) is 62.8. The lowest BCUT2D eigenvalue weighted by Crippen LogP contribution is -2.30. The van der Waals surface area contributed by atoms with Crippen LogP contribution in [0.2, 0.25) is 0 Å². The molecule has 0 saturated carbocycles. The van der Waals surface area contributed by atoms with Crippen LogP contribution in [-0.4, -0.2) is 96.7 Å². The number of aliphatic hydroxyl groups is 1. The van der Waals surface area contributed by atoms with Crippen LogP contribution in [-0.2, 0) is 65.4 Å². The lowest BCUT2D eigenvalue weighted by Gasteiger charge is -2.21. The van der Waals surface area contributed by atoms with Crippen molar-refractivity contribution in [3.8, 4) is 0 Å². The van der Waals surface area contributed by atoms with Gasteiger partial charge in [-0.15, -0.1) is 0 Å². The minimum atomic E-state index is -4.95. The van der Waals surface area contributed by atoms with Gasteiger partial charge < -0.3 is 33.8 Å². The van der Waals surface area contributed by atoms with Gasteiger partial charge in [-0.05, 0) is 31.6 Å². The summed E-state index contributed by atoms with van der Waals surface area (Å²) in [4.78, 5) is 72.5. The van der Waals surface area contributed by atoms with Gasteiger partial charge in [-0.3, -0.25) is 37.3 Å². The largest absolute Gasteiger partial charge is 0.472 e. The second-order valence-electron chi connectivity index (χ2n) is 25.4. The standard InChI is InChI=1S/C69H134O17P2/c1-6-9-12-15-18-21-24-27-28-29-32-35-38-45-50-55-69(74)85-64(58-79-66(71)52-47-42-36-33-30-25-22-19-16-13-10-7-2)60-83-87(75,76)81-56-63(70)57-82-88(77,78)84-61-65(59-80-67(72)53-48-43-40-39-41-46-51-62(4)5)86-68(73)54-49-44-37-34-31-26-23-20-17-14-11-8-3/h62-65,70H,6-61H2,1-5H3,(H,75,76)(H,77,78)/t63-,64-,65-/m1/s1. The molecule has 0 aromatic rings. The van der Waals surface area contributed by atoms with Crippen molar-refractivity contribution in [3.63, 3.8) is 0 Å². The molecule has 0 heterocycles. The van der Waals surface area contributed by atoms with E-state index < -0.39 is 97.5 Å². The molecule has 3 N–H and O–H groups in total. The Bertz CT molecular complexity index is 1700. The Morgan fingerprint density at radius 3 is 0.773 bits per heavy atom. The van der Waals surface area contributed by atoms with Crippen LogP contribution >= 0.6 is 15.6 Å². The van der Waals surface area contributed by atoms with Gasteiger partial charge in [-0.25, -0.2) is 9.13 Å². The summed E-state index contributed by atoms with van der Waals surface area (Å²) in [5.74, 6) is -1.44. The van der Waals surface area contributed by atoms with Crippen LogP contribution < -0.4 is 0 Å². The predicted molar refractivity (Wildman–Crippen MR) is 354 cm³/mol. The van der Waals surface area contributed by atoms with E-state index in [1.165, 1.54) is 173 Å². The highest BCUT2D eigenvalue weighted by Crippen LogP contribution is 2.45. The summed E-state index contributed by atoms with van der Waals surface area (Å²) in [5.41, 5.74) is 0. The maximum atomic E-state index is 13.0. The van der Waals surface area contributed by atoms with Crippen LogP contribution in [0.1, 0.15) is 356 Å². The van der Waals surface area contributed by atoms with Crippen molar-refractivity contribution >= 4 is 39.5 Å². The first-order chi connectivity index (χ1) is 42.5. The highest BCUT2D eigenvalue weighted by atomic mass is 31.2. The van der Waals surface area contributed by atoms with Crippen molar-refractivity contribution in [2.45, 2.75) is 374 Å². The van der Waals surface area contributed by atoms with E-state index in [9.17, 15) is 43.2 Å². The second kappa shape index (κ2) is 62.5. The number of hydrogen-bond donors (Lipinski definition) is 3. The van der Waals surface area contributed by atoms with E-state index in [2.05, 4.69) is 34.6 Å². The van der Waals surface area contributed by atoms with Gasteiger partial charge in [0.05, 0.1) is 26.4 Å². The van der Waals surface area contributed by atoms with Gasteiger partial charge in [0, 0.05) is 25.7 Å². The smallest absolute Gasteiger partial charge is 0.462 e. The van der Waals surface area contributed by atoms with Gasteiger partial charge in [0.15, 0.2) is 12.2 Å². The molecule has 0 rings (SSSR count). The van der Waals surface area contributed by atoms with E-state index in [-0.39, 0.29) is 25.7 Å². The van der Waals surface area contributed by atoms with Crippen molar-refractivity contribution in [2.24, 2.45) is 5.92 Å². The summed E-state index contributed by atoms with van der Waals surface area (Å²) in [6, 6.07) is 0. The molecule has 0 fully saturated rings. The number of phosphoric acid groups is 2. The van der Waals surface area contributed by atoms with Crippen LogP contribution in [0.15, 0.2) is 0 Å². The van der Waals surface area contributed by atoms with Crippen LogP contribution in [0.25, 0.3) is 0 Å². The van der Waals surface area contributed by atoms with Crippen molar-refractivity contribution in [1.82, 2.24) is 0 Å². The number of rotatable bonds is 69. The molecule has 0 aliphatic rings. The zero-order valence-corrected chi connectivity index (χ0v) is 58.6. The third-order valence-corrected chi connectivity index (χ3v) is 17.9. The topological polar surface area (TPSA) is 237 Å². The Morgan fingerprint density at radius 2 is 0.523 bits per heavy atom. The maximum absolute atomic E-state index is 13.0. The summed E-state index contributed by atoms with van der Waals surface area (Å²) in [5, 5.41) is 10.6. The number of unbranched alkanes of at least 4 members (excludes halogenated alkanes) is 41. The number of hydrogen-bond acceptors (Lipinski definition) is 15. The monoisotopic (exact) mass is 1300 g/mol. The normalized spacial score (nSPS) is 14.1. The number of phosphoric ester groups is 2.